The highest BCUT2D eigenvalue weighted by molar-refractivity contribution is 9.10. The molecule has 0 aromatic heterocycles. The summed E-state index contributed by atoms with van der Waals surface area (Å²) < 4.78 is 1.08. The topological polar surface area (TPSA) is 58.4 Å². The molecule has 1 aromatic carbocycles. The van der Waals surface area contributed by atoms with Crippen molar-refractivity contribution in [1.29, 1.82) is 0 Å². The van der Waals surface area contributed by atoms with Crippen molar-refractivity contribution in [3.63, 3.8) is 0 Å². The van der Waals surface area contributed by atoms with Crippen LogP contribution < -0.4 is 16.0 Å². The van der Waals surface area contributed by atoms with Gasteiger partial charge in [-0.05, 0) is 30.7 Å². The van der Waals surface area contributed by atoms with Gasteiger partial charge in [0.05, 0.1) is 6.54 Å². The Labute approximate surface area is 134 Å². The Morgan fingerprint density at radius 1 is 1.37 bits per heavy atom. The molecule has 7 heteroatoms. The second kappa shape index (κ2) is 8.64. The Morgan fingerprint density at radius 2 is 2.00 bits per heavy atom. The van der Waals surface area contributed by atoms with E-state index in [-0.39, 0.29) is 43.3 Å². The molecule has 0 radical (unpaired) electrons. The molecule has 3 N–H and O–H groups in total. The molecule has 19 heavy (non-hydrogen) atoms. The number of amides is 1. The minimum Gasteiger partial charge on any atom is -0.369 e. The third kappa shape index (κ3) is 5.18. The number of rotatable bonds is 3. The van der Waals surface area contributed by atoms with E-state index >= 15 is 0 Å². The van der Waals surface area contributed by atoms with Crippen LogP contribution in [0.3, 0.4) is 0 Å². The van der Waals surface area contributed by atoms with E-state index in [2.05, 4.69) is 38.3 Å². The number of nitrogens with one attached hydrogen (secondary N) is 1. The van der Waals surface area contributed by atoms with E-state index in [1.165, 1.54) is 5.69 Å². The van der Waals surface area contributed by atoms with Gasteiger partial charge in [-0.15, -0.1) is 24.8 Å². The molecule has 0 spiro atoms. The van der Waals surface area contributed by atoms with Crippen molar-refractivity contribution in [3.8, 4) is 0 Å². The maximum Gasteiger partial charge on any atom is 0.234 e. The Kier molecular flexibility index (Phi) is 8.41. The molecule has 2 rings (SSSR count). The van der Waals surface area contributed by atoms with Crippen LogP contribution in [0.2, 0.25) is 0 Å². The van der Waals surface area contributed by atoms with Crippen molar-refractivity contribution < 1.29 is 4.79 Å². The van der Waals surface area contributed by atoms with Crippen LogP contribution in [-0.4, -0.2) is 31.6 Å². The second-order valence-electron chi connectivity index (χ2n) is 4.18. The van der Waals surface area contributed by atoms with Gasteiger partial charge in [0.25, 0.3) is 0 Å². The molecule has 4 nitrogen and oxygen atoms in total. The molecular weight excluding hydrogens is 353 g/mol. The number of benzene rings is 1. The lowest BCUT2D eigenvalue weighted by Gasteiger charge is -2.19. The number of hydrogen-bond donors (Lipinski definition) is 2. The first-order valence-corrected chi connectivity index (χ1v) is 6.48. The smallest absolute Gasteiger partial charge is 0.234 e. The molecule has 1 fully saturated rings. The summed E-state index contributed by atoms with van der Waals surface area (Å²) in [6.45, 7) is 1.89. The summed E-state index contributed by atoms with van der Waals surface area (Å²) in [5.41, 5.74) is 6.47. The fourth-order valence-corrected chi connectivity index (χ4v) is 2.32. The summed E-state index contributed by atoms with van der Waals surface area (Å²) in [5.74, 6) is -0.0762. The molecule has 1 atom stereocenters. The molecular formula is C12H18BrCl2N3O. The third-order valence-corrected chi connectivity index (χ3v) is 3.46. The highest BCUT2D eigenvalue weighted by Gasteiger charge is 2.23. The predicted molar refractivity (Wildman–Crippen MR) is 86.5 cm³/mol. The van der Waals surface area contributed by atoms with Crippen LogP contribution in [0.5, 0.6) is 0 Å². The first-order chi connectivity index (χ1) is 8.19. The van der Waals surface area contributed by atoms with Crippen LogP contribution in [-0.2, 0) is 4.79 Å². The van der Waals surface area contributed by atoms with E-state index in [0.717, 1.165) is 24.0 Å². The zero-order valence-electron chi connectivity index (χ0n) is 10.3. The van der Waals surface area contributed by atoms with Crippen molar-refractivity contribution >= 4 is 52.3 Å². The van der Waals surface area contributed by atoms with Gasteiger partial charge in [0, 0.05) is 29.3 Å². The number of nitrogens with zero attached hydrogens (tertiary/aromatic N) is 1. The molecule has 1 aliphatic heterocycles. The van der Waals surface area contributed by atoms with Crippen molar-refractivity contribution in [2.24, 2.45) is 5.73 Å². The van der Waals surface area contributed by atoms with Crippen LogP contribution in [0, 0.1) is 0 Å². The number of carbonyl (C=O) groups is 1. The summed E-state index contributed by atoms with van der Waals surface area (Å²) in [4.78, 5) is 13.5. The van der Waals surface area contributed by atoms with Crippen LogP contribution in [0.25, 0.3) is 0 Å². The van der Waals surface area contributed by atoms with Crippen molar-refractivity contribution in [1.82, 2.24) is 5.32 Å². The molecule has 1 unspecified atom stereocenters. The van der Waals surface area contributed by atoms with Crippen LogP contribution >= 0.6 is 40.7 Å². The average Bonchev–Trinajstić information content (AvgIpc) is 2.78. The van der Waals surface area contributed by atoms with E-state index in [9.17, 15) is 4.79 Å². The SMILES string of the molecule is Cl.Cl.NCC(=O)NC1CCN(c2ccc(Br)cc2)C1. The lowest BCUT2D eigenvalue weighted by atomic mass is 10.2. The van der Waals surface area contributed by atoms with Gasteiger partial charge >= 0.3 is 0 Å². The fourth-order valence-electron chi connectivity index (χ4n) is 2.05. The summed E-state index contributed by atoms with van der Waals surface area (Å²) in [5, 5.41) is 2.92. The van der Waals surface area contributed by atoms with Gasteiger partial charge in [-0.25, -0.2) is 0 Å². The molecule has 0 bridgehead atoms. The Balaban J connectivity index is 0.00000162. The fraction of sp³-hybridized carbons (Fsp3) is 0.417. The number of nitrogens with two attached hydrogens (primary N) is 1. The lowest BCUT2D eigenvalue weighted by Crippen LogP contribution is -2.40. The quantitative estimate of drug-likeness (QED) is 0.854. The predicted octanol–water partition coefficient (Wildman–Crippen LogP) is 1.95. The van der Waals surface area contributed by atoms with Crippen LogP contribution in [0.4, 0.5) is 5.69 Å². The minimum absolute atomic E-state index is 0. The molecule has 0 saturated carbocycles. The number of halogens is 3. The van der Waals surface area contributed by atoms with Crippen molar-refractivity contribution in [2.45, 2.75) is 12.5 Å². The molecule has 108 valence electrons. The van der Waals surface area contributed by atoms with Gasteiger partial charge in [-0.1, -0.05) is 15.9 Å². The minimum atomic E-state index is -0.0762. The first kappa shape index (κ1) is 18.5. The number of hydrogen-bond acceptors (Lipinski definition) is 3. The molecule has 0 aliphatic carbocycles. The molecule has 1 saturated heterocycles. The monoisotopic (exact) mass is 369 g/mol. The highest BCUT2D eigenvalue weighted by Crippen LogP contribution is 2.22. The molecule has 1 heterocycles. The van der Waals surface area contributed by atoms with E-state index in [1.54, 1.807) is 0 Å². The second-order valence-corrected chi connectivity index (χ2v) is 5.10. The third-order valence-electron chi connectivity index (χ3n) is 2.93. The summed E-state index contributed by atoms with van der Waals surface area (Å²) >= 11 is 3.42. The van der Waals surface area contributed by atoms with Crippen molar-refractivity contribution in [3.05, 3.63) is 28.7 Å². The summed E-state index contributed by atoms with van der Waals surface area (Å²) in [7, 11) is 0. The number of carbonyl (C=O) groups excluding carboxylic acids is 1. The van der Waals surface area contributed by atoms with E-state index in [1.807, 2.05) is 12.1 Å². The lowest BCUT2D eigenvalue weighted by molar-refractivity contribution is -0.120. The van der Waals surface area contributed by atoms with Gasteiger partial charge in [-0.2, -0.15) is 0 Å². The first-order valence-electron chi connectivity index (χ1n) is 5.69. The van der Waals surface area contributed by atoms with E-state index in [0.29, 0.717) is 0 Å². The standard InChI is InChI=1S/C12H16BrN3O.2ClH/c13-9-1-3-11(4-2-9)16-6-5-10(8-16)15-12(17)7-14;;/h1-4,10H,5-8,14H2,(H,15,17);2*1H. The largest absolute Gasteiger partial charge is 0.369 e. The van der Waals surface area contributed by atoms with E-state index < -0.39 is 0 Å². The zero-order valence-corrected chi connectivity index (χ0v) is 13.6. The maximum absolute atomic E-state index is 11.2. The maximum atomic E-state index is 11.2. The molecule has 1 aromatic rings. The Hall–Kier alpha value is -0.490. The molecule has 1 aliphatic rings. The van der Waals surface area contributed by atoms with Crippen LogP contribution in [0.1, 0.15) is 6.42 Å². The Morgan fingerprint density at radius 3 is 2.58 bits per heavy atom. The van der Waals surface area contributed by atoms with Crippen molar-refractivity contribution in [2.75, 3.05) is 24.5 Å². The Bertz CT molecular complexity index is 402. The van der Waals surface area contributed by atoms with Gasteiger partial charge < -0.3 is 16.0 Å². The number of anilines is 1. The average molecular weight is 371 g/mol. The van der Waals surface area contributed by atoms with Crippen LogP contribution in [0.15, 0.2) is 28.7 Å². The van der Waals surface area contributed by atoms with Gasteiger partial charge in [-0.3, -0.25) is 4.79 Å². The summed E-state index contributed by atoms with van der Waals surface area (Å²) in [6.07, 6.45) is 0.974. The van der Waals surface area contributed by atoms with Gasteiger partial charge in [0.1, 0.15) is 0 Å². The normalized spacial score (nSPS) is 17.4. The van der Waals surface area contributed by atoms with Gasteiger partial charge in [0.2, 0.25) is 5.91 Å². The highest BCUT2D eigenvalue weighted by atomic mass is 79.9. The summed E-state index contributed by atoms with van der Waals surface area (Å²) in [6, 6.07) is 8.44. The zero-order chi connectivity index (χ0) is 12.3. The van der Waals surface area contributed by atoms with E-state index in [4.69, 9.17) is 5.73 Å². The van der Waals surface area contributed by atoms with Gasteiger partial charge in [0.15, 0.2) is 0 Å². The molecule has 1 amide bonds.